The lowest BCUT2D eigenvalue weighted by atomic mass is 10.2. The van der Waals surface area contributed by atoms with E-state index in [1.807, 2.05) is 6.07 Å². The largest absolute Gasteiger partial charge is 0.379 e. The van der Waals surface area contributed by atoms with Crippen LogP contribution in [0.4, 0.5) is 0 Å². The zero-order valence-corrected chi connectivity index (χ0v) is 12.6. The molecule has 1 rings (SSSR count). The molecule has 0 fully saturated rings. The summed E-state index contributed by atoms with van der Waals surface area (Å²) >= 11 is 12.1. The smallest absolute Gasteiger partial charge is 0.0747 e. The van der Waals surface area contributed by atoms with E-state index in [2.05, 4.69) is 0 Å². The van der Waals surface area contributed by atoms with Gasteiger partial charge < -0.3 is 15.2 Å². The molecule has 0 aliphatic rings. The normalized spacial score (nSPS) is 10.9. The Balaban J connectivity index is 2.05. The molecule has 19 heavy (non-hydrogen) atoms. The van der Waals surface area contributed by atoms with Crippen molar-refractivity contribution in [1.29, 1.82) is 0 Å². The van der Waals surface area contributed by atoms with Gasteiger partial charge in [0.1, 0.15) is 0 Å². The Hall–Kier alpha value is -0.320. The Morgan fingerprint density at radius 2 is 1.58 bits per heavy atom. The van der Waals surface area contributed by atoms with Crippen LogP contribution in [0.25, 0.3) is 0 Å². The van der Waals surface area contributed by atoms with Gasteiger partial charge in [0, 0.05) is 22.2 Å². The van der Waals surface area contributed by atoms with E-state index in [-0.39, 0.29) is 0 Å². The summed E-state index contributed by atoms with van der Waals surface area (Å²) in [6, 6.07) is 5.43. The zero-order chi connectivity index (χ0) is 13.9. The zero-order valence-electron chi connectivity index (χ0n) is 11.0. The lowest BCUT2D eigenvalue weighted by Crippen LogP contribution is -2.06. The van der Waals surface area contributed by atoms with Crippen molar-refractivity contribution in [3.63, 3.8) is 0 Å². The predicted octanol–water partition coefficient (Wildman–Crippen LogP) is 3.66. The Kier molecular flexibility index (Phi) is 9.22. The quantitative estimate of drug-likeness (QED) is 0.671. The van der Waals surface area contributed by atoms with Gasteiger partial charge in [-0.1, -0.05) is 29.3 Å². The van der Waals surface area contributed by atoms with Gasteiger partial charge in [0.15, 0.2) is 0 Å². The number of hydrogen-bond donors (Lipinski definition) is 1. The number of unbranched alkanes of at least 4 members (excludes halogenated alkanes) is 2. The van der Waals surface area contributed by atoms with Crippen molar-refractivity contribution in [3.8, 4) is 0 Å². The standard InChI is InChI=1S/C14H21Cl2NO2/c15-13-5-4-6-14(16)12(13)11-19-10-9-18-8-3-1-2-7-17/h4-6H,1-3,7-11,17H2. The molecule has 1 aromatic carbocycles. The van der Waals surface area contributed by atoms with Crippen LogP contribution in [0.1, 0.15) is 24.8 Å². The molecule has 0 bridgehead atoms. The van der Waals surface area contributed by atoms with Crippen LogP contribution in [0.15, 0.2) is 18.2 Å². The molecule has 0 saturated heterocycles. The molecule has 0 radical (unpaired) electrons. The van der Waals surface area contributed by atoms with E-state index in [4.69, 9.17) is 38.4 Å². The highest BCUT2D eigenvalue weighted by molar-refractivity contribution is 6.35. The lowest BCUT2D eigenvalue weighted by molar-refractivity contribution is 0.0394. The first kappa shape index (κ1) is 16.7. The van der Waals surface area contributed by atoms with Crippen LogP contribution in [-0.2, 0) is 16.1 Å². The fourth-order valence-corrected chi connectivity index (χ4v) is 2.10. The first-order chi connectivity index (χ1) is 9.25. The third kappa shape index (κ3) is 7.14. The Morgan fingerprint density at radius 1 is 0.895 bits per heavy atom. The van der Waals surface area contributed by atoms with Gasteiger partial charge in [0.2, 0.25) is 0 Å². The third-order valence-corrected chi connectivity index (χ3v) is 3.38. The first-order valence-electron chi connectivity index (χ1n) is 6.54. The number of ether oxygens (including phenoxy) is 2. The molecule has 1 aromatic rings. The molecule has 0 unspecified atom stereocenters. The Labute approximate surface area is 125 Å². The Bertz CT molecular complexity index is 341. The second kappa shape index (κ2) is 10.5. The van der Waals surface area contributed by atoms with Crippen LogP contribution >= 0.6 is 23.2 Å². The minimum atomic E-state index is 0.412. The van der Waals surface area contributed by atoms with Crippen molar-refractivity contribution in [2.45, 2.75) is 25.9 Å². The third-order valence-electron chi connectivity index (χ3n) is 2.67. The molecule has 0 amide bonds. The van der Waals surface area contributed by atoms with Crippen LogP contribution in [0.2, 0.25) is 10.0 Å². The highest BCUT2D eigenvalue weighted by Crippen LogP contribution is 2.24. The molecule has 0 aromatic heterocycles. The summed E-state index contributed by atoms with van der Waals surface area (Å²) < 4.78 is 10.9. The van der Waals surface area contributed by atoms with Crippen molar-refractivity contribution in [2.75, 3.05) is 26.4 Å². The molecule has 0 atom stereocenters. The van der Waals surface area contributed by atoms with Crippen molar-refractivity contribution in [1.82, 2.24) is 0 Å². The molecule has 5 heteroatoms. The van der Waals surface area contributed by atoms with E-state index in [0.717, 1.165) is 38.0 Å². The summed E-state index contributed by atoms with van der Waals surface area (Å²) in [5.74, 6) is 0. The SMILES string of the molecule is NCCCCCOCCOCc1c(Cl)cccc1Cl. The summed E-state index contributed by atoms with van der Waals surface area (Å²) in [5, 5.41) is 1.27. The van der Waals surface area contributed by atoms with Crippen LogP contribution < -0.4 is 5.73 Å². The van der Waals surface area contributed by atoms with Crippen molar-refractivity contribution in [3.05, 3.63) is 33.8 Å². The van der Waals surface area contributed by atoms with Crippen LogP contribution in [-0.4, -0.2) is 26.4 Å². The molecule has 0 saturated carbocycles. The number of benzene rings is 1. The molecule has 0 spiro atoms. The van der Waals surface area contributed by atoms with Crippen molar-refractivity contribution in [2.24, 2.45) is 5.73 Å². The summed E-state index contributed by atoms with van der Waals surface area (Å²) in [6.07, 6.45) is 3.23. The molecule has 108 valence electrons. The van der Waals surface area contributed by atoms with Gasteiger partial charge in [0.25, 0.3) is 0 Å². The molecule has 2 N–H and O–H groups in total. The molecule has 0 heterocycles. The molecule has 0 aliphatic carbocycles. The average molecular weight is 306 g/mol. The minimum Gasteiger partial charge on any atom is -0.379 e. The topological polar surface area (TPSA) is 44.5 Å². The van der Waals surface area contributed by atoms with E-state index < -0.39 is 0 Å². The molecular weight excluding hydrogens is 285 g/mol. The maximum atomic E-state index is 6.03. The van der Waals surface area contributed by atoms with Gasteiger partial charge in [-0.3, -0.25) is 0 Å². The van der Waals surface area contributed by atoms with E-state index >= 15 is 0 Å². The van der Waals surface area contributed by atoms with E-state index in [9.17, 15) is 0 Å². The van der Waals surface area contributed by atoms with E-state index in [1.165, 1.54) is 0 Å². The van der Waals surface area contributed by atoms with Gasteiger partial charge in [0.05, 0.1) is 19.8 Å². The highest BCUT2D eigenvalue weighted by Gasteiger charge is 2.04. The number of nitrogens with two attached hydrogens (primary N) is 1. The summed E-state index contributed by atoms with van der Waals surface area (Å²) in [5.41, 5.74) is 6.23. The van der Waals surface area contributed by atoms with Gasteiger partial charge in [-0.05, 0) is 37.9 Å². The summed E-state index contributed by atoms with van der Waals surface area (Å²) in [7, 11) is 0. The maximum Gasteiger partial charge on any atom is 0.0747 e. The first-order valence-corrected chi connectivity index (χ1v) is 7.29. The van der Waals surface area contributed by atoms with E-state index in [1.54, 1.807) is 12.1 Å². The fraction of sp³-hybridized carbons (Fsp3) is 0.571. The lowest BCUT2D eigenvalue weighted by Gasteiger charge is -2.08. The monoisotopic (exact) mass is 305 g/mol. The fourth-order valence-electron chi connectivity index (χ4n) is 1.59. The Morgan fingerprint density at radius 3 is 2.26 bits per heavy atom. The molecule has 0 aliphatic heterocycles. The summed E-state index contributed by atoms with van der Waals surface area (Å²) in [6.45, 7) is 3.05. The van der Waals surface area contributed by atoms with Gasteiger partial charge in [-0.15, -0.1) is 0 Å². The van der Waals surface area contributed by atoms with Crippen LogP contribution in [0.3, 0.4) is 0 Å². The van der Waals surface area contributed by atoms with Gasteiger partial charge in [-0.2, -0.15) is 0 Å². The number of rotatable bonds is 10. The minimum absolute atomic E-state index is 0.412. The van der Waals surface area contributed by atoms with Crippen molar-refractivity contribution >= 4 is 23.2 Å². The second-order valence-electron chi connectivity index (χ2n) is 4.21. The van der Waals surface area contributed by atoms with Crippen molar-refractivity contribution < 1.29 is 9.47 Å². The highest BCUT2D eigenvalue weighted by atomic mass is 35.5. The van der Waals surface area contributed by atoms with Gasteiger partial charge >= 0.3 is 0 Å². The number of halogens is 2. The maximum absolute atomic E-state index is 6.03. The number of hydrogen-bond acceptors (Lipinski definition) is 3. The van der Waals surface area contributed by atoms with Crippen LogP contribution in [0.5, 0.6) is 0 Å². The average Bonchev–Trinajstić information content (AvgIpc) is 2.40. The van der Waals surface area contributed by atoms with Gasteiger partial charge in [-0.25, -0.2) is 0 Å². The molecular formula is C14H21Cl2NO2. The van der Waals surface area contributed by atoms with Crippen LogP contribution in [0, 0.1) is 0 Å². The molecule has 3 nitrogen and oxygen atoms in total. The summed E-state index contributed by atoms with van der Waals surface area (Å²) in [4.78, 5) is 0. The second-order valence-corrected chi connectivity index (χ2v) is 5.03. The predicted molar refractivity (Wildman–Crippen MR) is 79.8 cm³/mol. The van der Waals surface area contributed by atoms with E-state index in [0.29, 0.717) is 29.9 Å².